The molecule has 0 saturated heterocycles. The lowest BCUT2D eigenvalue weighted by atomic mass is 9.84. The first-order valence-electron chi connectivity index (χ1n) is 24.9. The molecule has 0 bridgehead atoms. The summed E-state index contributed by atoms with van der Waals surface area (Å²) in [5.74, 6) is 0.654. The molecule has 0 N–H and O–H groups in total. The lowest BCUT2D eigenvalue weighted by Gasteiger charge is -2.29. The van der Waals surface area contributed by atoms with E-state index >= 15 is 0 Å². The SMILES string of the molecule is c1ccc(-c2c(N(c3ccccc3)c3ccc(-c4ccc(-c5ccc(N(c6ccc(C7CCCCC7)cc6)c6ccc7ccccc7c6-c6ccccc6)cc5)cc4)cc3)ccc3ccccc23)cc1. The molecule has 11 aromatic carbocycles. The van der Waals surface area contributed by atoms with Crippen LogP contribution >= 0.6 is 0 Å². The molecule has 1 saturated carbocycles. The third-order valence-corrected chi connectivity index (χ3v) is 14.5. The molecule has 0 aromatic heterocycles. The van der Waals surface area contributed by atoms with Gasteiger partial charge in [-0.25, -0.2) is 0 Å². The predicted octanol–water partition coefficient (Wildman–Crippen LogP) is 19.6. The van der Waals surface area contributed by atoms with Gasteiger partial charge in [0.25, 0.3) is 0 Å². The van der Waals surface area contributed by atoms with Crippen LogP contribution in [-0.4, -0.2) is 0 Å². The highest BCUT2D eigenvalue weighted by atomic mass is 15.1. The molecule has 0 spiro atoms. The molecule has 12 rings (SSSR count). The summed E-state index contributed by atoms with van der Waals surface area (Å²) in [7, 11) is 0. The summed E-state index contributed by atoms with van der Waals surface area (Å²) in [4.78, 5) is 4.85. The van der Waals surface area contributed by atoms with E-state index in [1.807, 2.05) is 0 Å². The predicted molar refractivity (Wildman–Crippen MR) is 298 cm³/mol. The molecule has 0 atom stereocenters. The molecule has 11 aromatic rings. The Morgan fingerprint density at radius 1 is 0.257 bits per heavy atom. The molecule has 0 heterocycles. The first-order valence-corrected chi connectivity index (χ1v) is 24.9. The molecule has 0 radical (unpaired) electrons. The molecular formula is C68H54N2. The maximum atomic E-state index is 2.46. The summed E-state index contributed by atoms with van der Waals surface area (Å²) in [5.41, 5.74) is 17.9. The van der Waals surface area contributed by atoms with Crippen molar-refractivity contribution in [1.82, 2.24) is 0 Å². The van der Waals surface area contributed by atoms with E-state index in [0.29, 0.717) is 5.92 Å². The molecule has 1 aliphatic carbocycles. The van der Waals surface area contributed by atoms with Crippen LogP contribution in [0.4, 0.5) is 34.1 Å². The number of hydrogen-bond donors (Lipinski definition) is 0. The third kappa shape index (κ3) is 8.43. The number of rotatable bonds is 11. The van der Waals surface area contributed by atoms with Gasteiger partial charge in [0.2, 0.25) is 0 Å². The van der Waals surface area contributed by atoms with Gasteiger partial charge in [-0.05, 0) is 140 Å². The highest BCUT2D eigenvalue weighted by molar-refractivity contribution is 6.06. The molecule has 0 amide bonds. The van der Waals surface area contributed by atoms with Gasteiger partial charge in [-0.2, -0.15) is 0 Å². The third-order valence-electron chi connectivity index (χ3n) is 14.5. The molecule has 2 heteroatoms. The van der Waals surface area contributed by atoms with Crippen LogP contribution in [-0.2, 0) is 0 Å². The molecule has 70 heavy (non-hydrogen) atoms. The van der Waals surface area contributed by atoms with Crippen LogP contribution in [0.15, 0.2) is 261 Å². The summed E-state index contributed by atoms with van der Waals surface area (Å²) >= 11 is 0. The van der Waals surface area contributed by atoms with Crippen molar-refractivity contribution in [3.8, 4) is 44.5 Å². The van der Waals surface area contributed by atoms with Gasteiger partial charge in [-0.1, -0.05) is 219 Å². The van der Waals surface area contributed by atoms with Crippen molar-refractivity contribution in [3.63, 3.8) is 0 Å². The Morgan fingerprint density at radius 2 is 0.600 bits per heavy atom. The van der Waals surface area contributed by atoms with Gasteiger partial charge >= 0.3 is 0 Å². The van der Waals surface area contributed by atoms with Crippen molar-refractivity contribution in [2.24, 2.45) is 0 Å². The minimum atomic E-state index is 0.654. The fourth-order valence-electron chi connectivity index (χ4n) is 10.9. The first kappa shape index (κ1) is 42.9. The van der Waals surface area contributed by atoms with E-state index in [9.17, 15) is 0 Å². The van der Waals surface area contributed by atoms with Gasteiger partial charge in [0.05, 0.1) is 11.4 Å². The minimum Gasteiger partial charge on any atom is -0.310 e. The van der Waals surface area contributed by atoms with Crippen LogP contribution in [0.3, 0.4) is 0 Å². The minimum absolute atomic E-state index is 0.654. The highest BCUT2D eigenvalue weighted by Gasteiger charge is 2.23. The number of anilines is 6. The fraction of sp³-hybridized carbons (Fsp3) is 0.0882. The molecule has 1 fully saturated rings. The maximum Gasteiger partial charge on any atom is 0.0546 e. The standard InChI is InChI=1S/C68H54N2/c1-5-17-49(18-6-1)52-33-41-61(42-34-52)70(66-48-40-56-20-14-16-28-64(56)68(66)58-23-9-3-10-24-58)62-45-37-54(38-46-62)51-31-29-50(30-32-51)53-35-43-60(44-36-53)69(59-25-11-4-12-26-59)65-47-39-55-19-13-15-27-63(55)67(65)57-21-7-2-8-22-57/h2-4,7-16,19-49H,1,5-6,17-18H2. The first-order chi connectivity index (χ1) is 34.7. The zero-order chi connectivity index (χ0) is 46.6. The van der Waals surface area contributed by atoms with Gasteiger partial charge in [-0.15, -0.1) is 0 Å². The lowest BCUT2D eigenvalue weighted by Crippen LogP contribution is -2.12. The normalized spacial score (nSPS) is 12.8. The second kappa shape index (κ2) is 19.3. The van der Waals surface area contributed by atoms with Crippen molar-refractivity contribution in [2.75, 3.05) is 9.80 Å². The van der Waals surface area contributed by atoms with Crippen molar-refractivity contribution >= 4 is 55.7 Å². The molecule has 1 aliphatic rings. The summed E-state index contributed by atoms with van der Waals surface area (Å²) < 4.78 is 0. The van der Waals surface area contributed by atoms with Gasteiger partial charge in [-0.3, -0.25) is 0 Å². The zero-order valence-electron chi connectivity index (χ0n) is 39.3. The number of benzene rings is 11. The summed E-state index contributed by atoms with van der Waals surface area (Å²) in [6.45, 7) is 0. The zero-order valence-corrected chi connectivity index (χ0v) is 39.3. The van der Waals surface area contributed by atoms with Crippen molar-refractivity contribution < 1.29 is 0 Å². The van der Waals surface area contributed by atoms with Gasteiger partial charge in [0.1, 0.15) is 0 Å². The average Bonchev–Trinajstić information content (AvgIpc) is 3.44. The monoisotopic (exact) mass is 898 g/mol. The average molecular weight is 899 g/mol. The van der Waals surface area contributed by atoms with Crippen molar-refractivity contribution in [2.45, 2.75) is 38.0 Å². The topological polar surface area (TPSA) is 6.48 Å². The van der Waals surface area contributed by atoms with E-state index in [0.717, 1.165) is 28.4 Å². The smallest absolute Gasteiger partial charge is 0.0546 e. The highest BCUT2D eigenvalue weighted by Crippen LogP contribution is 2.47. The Balaban J connectivity index is 0.868. The van der Waals surface area contributed by atoms with E-state index in [1.54, 1.807) is 0 Å². The molecular weight excluding hydrogens is 845 g/mol. The number of nitrogens with zero attached hydrogens (tertiary/aromatic N) is 2. The summed E-state index contributed by atoms with van der Waals surface area (Å²) in [6, 6.07) is 95.6. The van der Waals surface area contributed by atoms with Crippen LogP contribution in [0.25, 0.3) is 66.1 Å². The van der Waals surface area contributed by atoms with Crippen LogP contribution < -0.4 is 9.80 Å². The maximum absolute atomic E-state index is 2.46. The number of para-hydroxylation sites is 1. The number of fused-ring (bicyclic) bond motifs is 2. The second-order valence-corrected chi connectivity index (χ2v) is 18.7. The Labute approximate surface area is 412 Å². The summed E-state index contributed by atoms with van der Waals surface area (Å²) in [5, 5.41) is 4.94. The molecule has 0 aliphatic heterocycles. The molecule has 2 nitrogen and oxygen atoms in total. The van der Waals surface area contributed by atoms with Gasteiger partial charge in [0, 0.05) is 33.9 Å². The number of hydrogen-bond acceptors (Lipinski definition) is 2. The van der Waals surface area contributed by atoms with E-state index in [4.69, 9.17) is 0 Å². The van der Waals surface area contributed by atoms with E-state index in [-0.39, 0.29) is 0 Å². The Bertz CT molecular complexity index is 3520. The van der Waals surface area contributed by atoms with Gasteiger partial charge in [0.15, 0.2) is 0 Å². The largest absolute Gasteiger partial charge is 0.310 e. The van der Waals surface area contributed by atoms with Crippen LogP contribution in [0.1, 0.15) is 43.6 Å². The van der Waals surface area contributed by atoms with E-state index < -0.39 is 0 Å². The van der Waals surface area contributed by atoms with Crippen LogP contribution in [0.2, 0.25) is 0 Å². The summed E-state index contributed by atoms with van der Waals surface area (Å²) in [6.07, 6.45) is 6.60. The van der Waals surface area contributed by atoms with E-state index in [2.05, 4.69) is 271 Å². The van der Waals surface area contributed by atoms with Crippen molar-refractivity contribution in [3.05, 3.63) is 266 Å². The Morgan fingerprint density at radius 3 is 1.03 bits per heavy atom. The fourth-order valence-corrected chi connectivity index (χ4v) is 10.9. The quantitative estimate of drug-likeness (QED) is 0.128. The lowest BCUT2D eigenvalue weighted by molar-refractivity contribution is 0.443. The Kier molecular flexibility index (Phi) is 11.8. The molecule has 336 valence electrons. The Hall–Kier alpha value is -8.46. The van der Waals surface area contributed by atoms with Crippen LogP contribution in [0, 0.1) is 0 Å². The molecule has 0 unspecified atom stereocenters. The van der Waals surface area contributed by atoms with E-state index in [1.165, 1.54) is 109 Å². The van der Waals surface area contributed by atoms with Crippen molar-refractivity contribution in [1.29, 1.82) is 0 Å². The second-order valence-electron chi connectivity index (χ2n) is 18.7. The van der Waals surface area contributed by atoms with Crippen LogP contribution in [0.5, 0.6) is 0 Å². The van der Waals surface area contributed by atoms with Gasteiger partial charge < -0.3 is 9.80 Å².